The molecule has 0 bridgehead atoms. The molecule has 1 aromatic carbocycles. The Balaban J connectivity index is 2.87. The molecule has 0 aliphatic heterocycles. The number of amides is 2. The molecule has 0 radical (unpaired) electrons. The van der Waals surface area contributed by atoms with Crippen molar-refractivity contribution in [1.82, 2.24) is 9.79 Å². The van der Waals surface area contributed by atoms with Crippen molar-refractivity contribution in [2.45, 2.75) is 13.5 Å². The van der Waals surface area contributed by atoms with Gasteiger partial charge in [-0.1, -0.05) is 12.1 Å². The van der Waals surface area contributed by atoms with E-state index in [0.29, 0.717) is 17.2 Å². The van der Waals surface area contributed by atoms with Crippen molar-refractivity contribution in [3.05, 3.63) is 47.0 Å². The number of halogens is 1. The average molecular weight is 360 g/mol. The molecule has 0 heterocycles. The first-order valence-corrected chi connectivity index (χ1v) is 8.46. The fourth-order valence-electron chi connectivity index (χ4n) is 1.68. The van der Waals surface area contributed by atoms with Gasteiger partial charge in [0.1, 0.15) is 5.82 Å². The van der Waals surface area contributed by atoms with E-state index in [1.807, 2.05) is 0 Å². The number of hydroxylamine groups is 2. The zero-order chi connectivity index (χ0) is 18.5. The van der Waals surface area contributed by atoms with Gasteiger partial charge < -0.3 is 5.11 Å². The van der Waals surface area contributed by atoms with Crippen molar-refractivity contribution in [2.24, 2.45) is 0 Å². The molecule has 0 saturated carbocycles. The van der Waals surface area contributed by atoms with E-state index in [1.165, 1.54) is 30.0 Å². The van der Waals surface area contributed by atoms with E-state index >= 15 is 0 Å². The van der Waals surface area contributed by atoms with Crippen LogP contribution < -0.4 is 4.72 Å². The number of hydrogen-bond donors (Lipinski definition) is 2. The van der Waals surface area contributed by atoms with Crippen LogP contribution in [0.25, 0.3) is 0 Å². The maximum Gasteiger partial charge on any atom is 0.299 e. The van der Waals surface area contributed by atoms with Gasteiger partial charge in [0.2, 0.25) is 10.0 Å². The van der Waals surface area contributed by atoms with Crippen LogP contribution in [0.3, 0.4) is 0 Å². The molecule has 0 atom stereocenters. The highest BCUT2D eigenvalue weighted by Gasteiger charge is 2.18. The number of sulfonamides is 1. The molecule has 2 N–H and O–H groups in total. The third-order valence-corrected chi connectivity index (χ3v) is 3.34. The van der Waals surface area contributed by atoms with Gasteiger partial charge in [0.25, 0.3) is 11.8 Å². The van der Waals surface area contributed by atoms with Crippen LogP contribution in [0.4, 0.5) is 4.39 Å². The van der Waals surface area contributed by atoms with Gasteiger partial charge in [0.05, 0.1) is 26.0 Å². The summed E-state index contributed by atoms with van der Waals surface area (Å²) in [5.74, 6) is -3.74. The molecule has 0 spiro atoms. The number of carbonyl (C=O) groups is 2. The SMILES string of the molecule is CON(Cc1ccc(F)c(C)c1)C(=O)C=C(O)C(=O)NS(C)(=O)=O. The lowest BCUT2D eigenvalue weighted by atomic mass is 10.1. The summed E-state index contributed by atoms with van der Waals surface area (Å²) in [5.41, 5.74) is 0.930. The minimum atomic E-state index is -3.88. The van der Waals surface area contributed by atoms with Gasteiger partial charge in [-0.2, -0.15) is 0 Å². The minimum absolute atomic E-state index is 0.0755. The van der Waals surface area contributed by atoms with E-state index in [-0.39, 0.29) is 6.54 Å². The lowest BCUT2D eigenvalue weighted by Gasteiger charge is -2.18. The zero-order valence-corrected chi connectivity index (χ0v) is 14.1. The van der Waals surface area contributed by atoms with Gasteiger partial charge in [-0.25, -0.2) is 22.6 Å². The second-order valence-electron chi connectivity index (χ2n) is 4.87. The second-order valence-corrected chi connectivity index (χ2v) is 6.62. The highest BCUT2D eigenvalue weighted by Crippen LogP contribution is 2.12. The first kappa shape index (κ1) is 19.6. The number of aliphatic hydroxyl groups excluding tert-OH is 1. The summed E-state index contributed by atoms with van der Waals surface area (Å²) in [7, 11) is -2.69. The molecule has 0 fully saturated rings. The van der Waals surface area contributed by atoms with Gasteiger partial charge in [-0.05, 0) is 24.1 Å². The van der Waals surface area contributed by atoms with E-state index in [1.54, 1.807) is 6.92 Å². The Kier molecular flexibility index (Phi) is 6.43. The van der Waals surface area contributed by atoms with Crippen molar-refractivity contribution in [2.75, 3.05) is 13.4 Å². The molecule has 0 unspecified atom stereocenters. The van der Waals surface area contributed by atoms with Crippen molar-refractivity contribution in [3.8, 4) is 0 Å². The van der Waals surface area contributed by atoms with Crippen molar-refractivity contribution >= 4 is 21.8 Å². The number of aliphatic hydroxyl groups is 1. The molecule has 10 heteroatoms. The fraction of sp³-hybridized carbons (Fsp3) is 0.286. The van der Waals surface area contributed by atoms with Gasteiger partial charge in [0.15, 0.2) is 5.76 Å². The monoisotopic (exact) mass is 360 g/mol. The van der Waals surface area contributed by atoms with E-state index < -0.39 is 33.4 Å². The van der Waals surface area contributed by atoms with Gasteiger partial charge in [-0.15, -0.1) is 0 Å². The van der Waals surface area contributed by atoms with Crippen LogP contribution in [0.2, 0.25) is 0 Å². The summed E-state index contributed by atoms with van der Waals surface area (Å²) in [4.78, 5) is 28.2. The first-order valence-electron chi connectivity index (χ1n) is 6.57. The lowest BCUT2D eigenvalue weighted by molar-refractivity contribution is -0.173. The highest BCUT2D eigenvalue weighted by molar-refractivity contribution is 7.89. The van der Waals surface area contributed by atoms with E-state index in [0.717, 1.165) is 11.3 Å². The minimum Gasteiger partial charge on any atom is -0.503 e. The maximum atomic E-state index is 13.2. The Hall–Kier alpha value is -2.46. The summed E-state index contributed by atoms with van der Waals surface area (Å²) in [6.45, 7) is 1.48. The van der Waals surface area contributed by atoms with Crippen LogP contribution in [0.15, 0.2) is 30.0 Å². The van der Waals surface area contributed by atoms with Crippen LogP contribution >= 0.6 is 0 Å². The molecule has 8 nitrogen and oxygen atoms in total. The molecule has 1 rings (SSSR count). The largest absolute Gasteiger partial charge is 0.503 e. The molecule has 0 aliphatic rings. The molecule has 0 aliphatic carbocycles. The molecule has 2 amide bonds. The van der Waals surface area contributed by atoms with Crippen LogP contribution in [0.1, 0.15) is 11.1 Å². The Morgan fingerprint density at radius 3 is 2.54 bits per heavy atom. The van der Waals surface area contributed by atoms with Gasteiger partial charge >= 0.3 is 0 Å². The quantitative estimate of drug-likeness (QED) is 0.435. The molecule has 24 heavy (non-hydrogen) atoms. The molecule has 1 aromatic rings. The molecule has 0 saturated heterocycles. The van der Waals surface area contributed by atoms with Crippen LogP contribution in [0.5, 0.6) is 0 Å². The first-order chi connectivity index (χ1) is 11.0. The Morgan fingerprint density at radius 2 is 2.04 bits per heavy atom. The van der Waals surface area contributed by atoms with Crippen molar-refractivity contribution in [3.63, 3.8) is 0 Å². The number of rotatable bonds is 6. The van der Waals surface area contributed by atoms with E-state index in [9.17, 15) is 27.5 Å². The summed E-state index contributed by atoms with van der Waals surface area (Å²) < 4.78 is 36.5. The van der Waals surface area contributed by atoms with Crippen LogP contribution in [0, 0.1) is 12.7 Å². The number of carbonyl (C=O) groups excluding carboxylic acids is 2. The Labute approximate surface area is 138 Å². The molecule has 0 aromatic heterocycles. The number of nitrogens with one attached hydrogen (secondary N) is 1. The third-order valence-electron chi connectivity index (χ3n) is 2.79. The van der Waals surface area contributed by atoms with Gasteiger partial charge in [-0.3, -0.25) is 14.4 Å². The molecular weight excluding hydrogens is 343 g/mol. The lowest BCUT2D eigenvalue weighted by Crippen LogP contribution is -2.32. The molecule has 132 valence electrons. The summed E-state index contributed by atoms with van der Waals surface area (Å²) in [6.07, 6.45) is 1.23. The summed E-state index contributed by atoms with van der Waals surface area (Å²) in [5, 5.41) is 10.3. The fourth-order valence-corrected chi connectivity index (χ4v) is 2.12. The van der Waals surface area contributed by atoms with Crippen molar-refractivity contribution < 1.29 is 32.3 Å². The smallest absolute Gasteiger partial charge is 0.299 e. The third kappa shape index (κ3) is 5.97. The topological polar surface area (TPSA) is 113 Å². The predicted octanol–water partition coefficient (Wildman–Crippen LogP) is 0.542. The van der Waals surface area contributed by atoms with Crippen LogP contribution in [-0.2, 0) is 31.0 Å². The van der Waals surface area contributed by atoms with Crippen LogP contribution in [-0.4, -0.2) is 43.8 Å². The average Bonchev–Trinajstić information content (AvgIpc) is 2.46. The summed E-state index contributed by atoms with van der Waals surface area (Å²) >= 11 is 0. The predicted molar refractivity (Wildman–Crippen MR) is 82.4 cm³/mol. The van der Waals surface area contributed by atoms with Gasteiger partial charge in [0, 0.05) is 0 Å². The number of nitrogens with zero attached hydrogens (tertiary/aromatic N) is 1. The second kappa shape index (κ2) is 7.88. The standard InChI is InChI=1S/C14H17FN2O6S/c1-9-6-10(4-5-11(9)15)8-17(23-2)13(19)7-12(18)14(20)16-24(3,21)22/h4-7,18H,8H2,1-3H3,(H,16,20). The van der Waals surface area contributed by atoms with E-state index in [4.69, 9.17) is 4.84 Å². The number of aryl methyl sites for hydroxylation is 1. The Morgan fingerprint density at radius 1 is 1.42 bits per heavy atom. The molecular formula is C14H17FN2O6S. The maximum absolute atomic E-state index is 13.2. The summed E-state index contributed by atoms with van der Waals surface area (Å²) in [6, 6.07) is 4.19. The normalized spacial score (nSPS) is 11.9. The Bertz CT molecular complexity index is 775. The highest BCUT2D eigenvalue weighted by atomic mass is 32.2. The van der Waals surface area contributed by atoms with E-state index in [2.05, 4.69) is 0 Å². The number of hydrogen-bond acceptors (Lipinski definition) is 6. The van der Waals surface area contributed by atoms with Crippen molar-refractivity contribution in [1.29, 1.82) is 0 Å². The number of benzene rings is 1. The zero-order valence-electron chi connectivity index (χ0n) is 13.2.